The minimum Gasteiger partial charge on any atom is -0.493 e. The lowest BCUT2D eigenvalue weighted by atomic mass is 10.1. The van der Waals surface area contributed by atoms with Crippen molar-refractivity contribution in [1.29, 1.82) is 0 Å². The third-order valence-electron chi connectivity index (χ3n) is 5.03. The lowest BCUT2D eigenvalue weighted by molar-refractivity contribution is 0.101. The molecule has 0 N–H and O–H groups in total. The molecule has 31 heavy (non-hydrogen) atoms. The summed E-state index contributed by atoms with van der Waals surface area (Å²) < 4.78 is 35.7. The molecular weight excluding hydrogens is 399 g/mol. The first-order valence-corrected chi connectivity index (χ1v) is 9.67. The van der Waals surface area contributed by atoms with Crippen LogP contribution < -0.4 is 18.9 Å². The van der Waals surface area contributed by atoms with Gasteiger partial charge in [0.2, 0.25) is 5.78 Å². The van der Waals surface area contributed by atoms with Crippen LogP contribution in [0, 0.1) is 12.7 Å². The minimum absolute atomic E-state index is 0.204. The highest BCUT2D eigenvalue weighted by atomic mass is 19.1. The molecular formula is C25H21FO5. The molecule has 0 unspecified atom stereocenters. The Morgan fingerprint density at radius 1 is 0.968 bits per heavy atom. The molecule has 0 bridgehead atoms. The van der Waals surface area contributed by atoms with Gasteiger partial charge in [-0.3, -0.25) is 4.79 Å². The maximum atomic E-state index is 13.4. The standard InChI is InChI=1S/C25H21FO5/c1-15-20(30-14-17-5-4-6-18(26)11-17)10-8-19-24(27)23(31-25(15)19)13-16-7-9-21(28-2)22(12-16)29-3/h4-13H,14H2,1-3H3/b23-13-. The van der Waals surface area contributed by atoms with Crippen molar-refractivity contribution in [1.82, 2.24) is 0 Å². The van der Waals surface area contributed by atoms with Gasteiger partial charge in [0, 0.05) is 5.56 Å². The van der Waals surface area contributed by atoms with Gasteiger partial charge in [-0.15, -0.1) is 0 Å². The van der Waals surface area contributed by atoms with E-state index in [9.17, 15) is 9.18 Å². The van der Waals surface area contributed by atoms with Gasteiger partial charge in [-0.1, -0.05) is 18.2 Å². The van der Waals surface area contributed by atoms with E-state index in [1.807, 2.05) is 13.0 Å². The van der Waals surface area contributed by atoms with Gasteiger partial charge in [0.15, 0.2) is 17.3 Å². The normalized spacial score (nSPS) is 13.7. The van der Waals surface area contributed by atoms with Crippen LogP contribution in [0.1, 0.15) is 27.0 Å². The number of ketones is 1. The Kier molecular flexibility index (Phi) is 5.62. The molecule has 158 valence electrons. The maximum absolute atomic E-state index is 13.4. The number of hydrogen-bond acceptors (Lipinski definition) is 5. The van der Waals surface area contributed by atoms with Crippen molar-refractivity contribution < 1.29 is 28.1 Å². The summed E-state index contributed by atoms with van der Waals surface area (Å²) in [5.74, 6) is 1.89. The lowest BCUT2D eigenvalue weighted by Gasteiger charge is -2.11. The molecule has 0 saturated heterocycles. The molecule has 4 rings (SSSR count). The Bertz CT molecular complexity index is 1180. The van der Waals surface area contributed by atoms with Crippen molar-refractivity contribution in [3.05, 3.63) is 88.4 Å². The first-order valence-electron chi connectivity index (χ1n) is 9.67. The SMILES string of the molecule is COc1ccc(/C=C2\Oc3c(ccc(OCc4cccc(F)c4)c3C)C2=O)cc1OC. The average Bonchev–Trinajstić information content (AvgIpc) is 3.09. The van der Waals surface area contributed by atoms with Crippen molar-refractivity contribution >= 4 is 11.9 Å². The smallest absolute Gasteiger partial charge is 0.231 e. The van der Waals surface area contributed by atoms with Gasteiger partial charge in [-0.25, -0.2) is 4.39 Å². The monoisotopic (exact) mass is 420 g/mol. The zero-order valence-electron chi connectivity index (χ0n) is 17.4. The van der Waals surface area contributed by atoms with Gasteiger partial charge < -0.3 is 18.9 Å². The van der Waals surface area contributed by atoms with Crippen molar-refractivity contribution in [3.8, 4) is 23.0 Å². The minimum atomic E-state index is -0.314. The van der Waals surface area contributed by atoms with Crippen LogP contribution in [0.5, 0.6) is 23.0 Å². The summed E-state index contributed by atoms with van der Waals surface area (Å²) in [6.45, 7) is 2.03. The van der Waals surface area contributed by atoms with E-state index in [0.717, 1.165) is 5.56 Å². The second-order valence-electron chi connectivity index (χ2n) is 7.04. The Morgan fingerprint density at radius 3 is 2.48 bits per heavy atom. The predicted octanol–water partition coefficient (Wildman–Crippen LogP) is 5.35. The third-order valence-corrected chi connectivity index (χ3v) is 5.03. The van der Waals surface area contributed by atoms with Crippen LogP contribution in [0.15, 0.2) is 60.4 Å². The van der Waals surface area contributed by atoms with E-state index in [2.05, 4.69) is 0 Å². The van der Waals surface area contributed by atoms with E-state index < -0.39 is 0 Å². The quantitative estimate of drug-likeness (QED) is 0.504. The fourth-order valence-electron chi connectivity index (χ4n) is 3.41. The van der Waals surface area contributed by atoms with Crippen molar-refractivity contribution in [2.24, 2.45) is 0 Å². The molecule has 1 heterocycles. The van der Waals surface area contributed by atoms with Gasteiger partial charge in [-0.05, 0) is 60.5 Å². The summed E-state index contributed by atoms with van der Waals surface area (Å²) in [5, 5.41) is 0. The highest BCUT2D eigenvalue weighted by Crippen LogP contribution is 2.40. The number of Topliss-reactive ketones (excluding diaryl/α,β-unsaturated/α-hetero) is 1. The van der Waals surface area contributed by atoms with Crippen LogP contribution in [0.2, 0.25) is 0 Å². The summed E-state index contributed by atoms with van der Waals surface area (Å²) in [6.07, 6.45) is 1.66. The molecule has 6 heteroatoms. The number of ether oxygens (including phenoxy) is 4. The van der Waals surface area contributed by atoms with Crippen LogP contribution >= 0.6 is 0 Å². The number of carbonyl (C=O) groups excluding carboxylic acids is 1. The van der Waals surface area contributed by atoms with Crippen LogP contribution in [0.3, 0.4) is 0 Å². The van der Waals surface area contributed by atoms with Gasteiger partial charge in [-0.2, -0.15) is 0 Å². The summed E-state index contributed by atoms with van der Waals surface area (Å²) in [6, 6.07) is 15.0. The molecule has 0 atom stereocenters. The average molecular weight is 420 g/mol. The number of halogens is 1. The van der Waals surface area contributed by atoms with Gasteiger partial charge in [0.05, 0.1) is 19.8 Å². The molecule has 0 amide bonds. The molecule has 0 aliphatic carbocycles. The van der Waals surface area contributed by atoms with E-state index in [-0.39, 0.29) is 24.0 Å². The third kappa shape index (κ3) is 4.10. The van der Waals surface area contributed by atoms with Crippen LogP contribution in [-0.2, 0) is 6.61 Å². The van der Waals surface area contributed by atoms with E-state index in [1.54, 1.807) is 56.7 Å². The Balaban J connectivity index is 1.57. The topological polar surface area (TPSA) is 54.0 Å². The summed E-state index contributed by atoms with van der Waals surface area (Å²) in [7, 11) is 3.11. The van der Waals surface area contributed by atoms with E-state index in [0.29, 0.717) is 39.7 Å². The second kappa shape index (κ2) is 8.52. The summed E-state index contributed by atoms with van der Waals surface area (Å²) >= 11 is 0. The first kappa shape index (κ1) is 20.5. The second-order valence-corrected chi connectivity index (χ2v) is 7.04. The largest absolute Gasteiger partial charge is 0.493 e. The number of allylic oxidation sites excluding steroid dienone is 1. The van der Waals surface area contributed by atoms with Crippen LogP contribution in [0.25, 0.3) is 6.08 Å². The number of rotatable bonds is 6. The highest BCUT2D eigenvalue weighted by molar-refractivity contribution is 6.15. The van der Waals surface area contributed by atoms with Crippen molar-refractivity contribution in [3.63, 3.8) is 0 Å². The Hall–Kier alpha value is -3.80. The van der Waals surface area contributed by atoms with Gasteiger partial charge in [0.25, 0.3) is 0 Å². The van der Waals surface area contributed by atoms with Gasteiger partial charge >= 0.3 is 0 Å². The molecule has 0 radical (unpaired) electrons. The Labute approximate surface area is 179 Å². The van der Waals surface area contributed by atoms with Crippen molar-refractivity contribution in [2.75, 3.05) is 14.2 Å². The van der Waals surface area contributed by atoms with E-state index in [1.165, 1.54) is 12.1 Å². The summed E-state index contributed by atoms with van der Waals surface area (Å²) in [4.78, 5) is 12.8. The number of benzene rings is 3. The fourth-order valence-corrected chi connectivity index (χ4v) is 3.41. The maximum Gasteiger partial charge on any atom is 0.231 e. The zero-order chi connectivity index (χ0) is 22.0. The van der Waals surface area contributed by atoms with Crippen LogP contribution in [0.4, 0.5) is 4.39 Å². The number of hydrogen-bond donors (Lipinski definition) is 0. The predicted molar refractivity (Wildman–Crippen MR) is 114 cm³/mol. The van der Waals surface area contributed by atoms with Gasteiger partial charge in [0.1, 0.15) is 23.9 Å². The fraction of sp³-hybridized carbons (Fsp3) is 0.160. The molecule has 0 fully saturated rings. The molecule has 0 aromatic heterocycles. The molecule has 0 saturated carbocycles. The molecule has 1 aliphatic rings. The van der Waals surface area contributed by atoms with Crippen LogP contribution in [-0.4, -0.2) is 20.0 Å². The lowest BCUT2D eigenvalue weighted by Crippen LogP contribution is -1.99. The molecule has 5 nitrogen and oxygen atoms in total. The number of carbonyl (C=O) groups is 1. The molecule has 0 spiro atoms. The number of methoxy groups -OCH3 is 2. The zero-order valence-corrected chi connectivity index (χ0v) is 17.4. The van der Waals surface area contributed by atoms with E-state index in [4.69, 9.17) is 18.9 Å². The molecule has 3 aromatic rings. The molecule has 3 aromatic carbocycles. The highest BCUT2D eigenvalue weighted by Gasteiger charge is 2.30. The van der Waals surface area contributed by atoms with Crippen molar-refractivity contribution in [2.45, 2.75) is 13.5 Å². The van der Waals surface area contributed by atoms with E-state index >= 15 is 0 Å². The number of fused-ring (bicyclic) bond motifs is 1. The summed E-state index contributed by atoms with van der Waals surface area (Å²) in [5.41, 5.74) is 2.64. The Morgan fingerprint density at radius 2 is 1.74 bits per heavy atom. The first-order chi connectivity index (χ1) is 15.0. The molecule has 1 aliphatic heterocycles.